The highest BCUT2D eigenvalue weighted by molar-refractivity contribution is 9.08. The second-order valence-corrected chi connectivity index (χ2v) is 17.3. The Morgan fingerprint density at radius 3 is 1.40 bits per heavy atom. The van der Waals surface area contributed by atoms with E-state index in [-0.39, 0.29) is 70.0 Å². The highest BCUT2D eigenvalue weighted by Crippen LogP contribution is 2.44. The number of anilines is 2. The van der Waals surface area contributed by atoms with Gasteiger partial charge in [0.1, 0.15) is 11.2 Å². The maximum Gasteiger partial charge on any atom is 0.424 e. The summed E-state index contributed by atoms with van der Waals surface area (Å²) in [6.07, 6.45) is -1.66. The van der Waals surface area contributed by atoms with Crippen LogP contribution in [0.3, 0.4) is 0 Å². The number of ether oxygens (including phenoxy) is 2. The molecule has 2 aromatic carbocycles. The molecule has 0 saturated carbocycles. The molecule has 4 saturated heterocycles. The summed E-state index contributed by atoms with van der Waals surface area (Å²) in [4.78, 5) is 108. The average molecular weight is 865 g/mol. The van der Waals surface area contributed by atoms with E-state index in [1.54, 1.807) is 70.7 Å². The third-order valence-corrected chi connectivity index (χ3v) is 10.7. The number of halogens is 1. The van der Waals surface area contributed by atoms with Gasteiger partial charge in [0.2, 0.25) is 35.4 Å². The minimum Gasteiger partial charge on any atom is -0.443 e. The first-order valence-electron chi connectivity index (χ1n) is 18.7. The number of alkyl halides is 1. The highest BCUT2D eigenvalue weighted by Gasteiger charge is 2.58. The maximum absolute atomic E-state index is 13.2. The molecular weight excluding hydrogens is 818 g/mol. The van der Waals surface area contributed by atoms with Crippen LogP contribution < -0.4 is 9.80 Å². The molecule has 2 unspecified atom stereocenters. The summed E-state index contributed by atoms with van der Waals surface area (Å²) in [5.41, 5.74) is 7.62. The molecule has 0 aliphatic carbocycles. The standard InChI is InChI=1S/C20H23BrN2O5.C20H23N5O5/c1-19(2,3)28-18(27)23-15(24)8-9-20(17(23)26)10-16(25)22(12-20)14-6-4-13(11-21)5-7-14;1-19(2,3)30-18(29)25-15(26)8-9-20(17(25)28)10-16(27)24(12-20)14-6-4-13(5-7-14)11-22-23-21/h4-7H,8-12H2,1-3H3;4-7H,8-12H2,1-3H3. The Kier molecular flexibility index (Phi) is 12.5. The molecule has 2 spiro atoms. The maximum atomic E-state index is 13.2. The lowest BCUT2D eigenvalue weighted by Crippen LogP contribution is -2.55. The molecule has 6 rings (SSSR count). The van der Waals surface area contributed by atoms with Crippen LogP contribution in [0.4, 0.5) is 21.0 Å². The summed E-state index contributed by atoms with van der Waals surface area (Å²) in [5, 5.41) is 4.20. The number of hydrogen-bond acceptors (Lipinski definition) is 11. The molecule has 2 aromatic rings. The lowest BCUT2D eigenvalue weighted by Gasteiger charge is -2.36. The van der Waals surface area contributed by atoms with Gasteiger partial charge in [0.15, 0.2) is 0 Å². The van der Waals surface area contributed by atoms with Gasteiger partial charge in [0.25, 0.3) is 0 Å². The fraction of sp³-hybridized carbons (Fsp3) is 0.500. The Morgan fingerprint density at radius 1 is 0.672 bits per heavy atom. The summed E-state index contributed by atoms with van der Waals surface area (Å²) in [7, 11) is 0. The SMILES string of the molecule is CC(C)(C)OC(=O)N1C(=O)CCC2(CC(=O)N(c3ccc(CBr)cc3)C2)C1=O.CC(C)(C)OC(=O)N1C(=O)CCC2(CC(=O)N(c3ccc(CN=[N+]=[N-])cc3)C2)C1=O. The summed E-state index contributed by atoms with van der Waals surface area (Å²) >= 11 is 3.38. The van der Waals surface area contributed by atoms with Crippen molar-refractivity contribution < 1.29 is 47.8 Å². The summed E-state index contributed by atoms with van der Waals surface area (Å²) in [5.74, 6) is -3.00. The van der Waals surface area contributed by atoms with Crippen LogP contribution in [0.15, 0.2) is 53.6 Å². The van der Waals surface area contributed by atoms with Gasteiger partial charge in [-0.2, -0.15) is 9.80 Å². The molecule has 17 nitrogen and oxygen atoms in total. The molecule has 2 atom stereocenters. The number of hydrogen-bond donors (Lipinski definition) is 0. The zero-order valence-electron chi connectivity index (χ0n) is 33.3. The van der Waals surface area contributed by atoms with Crippen molar-refractivity contribution >= 4 is 74.9 Å². The third kappa shape index (κ3) is 9.39. The van der Waals surface area contributed by atoms with Gasteiger partial charge in [0, 0.05) is 60.4 Å². The topological polar surface area (TPSA) is 217 Å². The normalized spacial score (nSPS) is 22.3. The van der Waals surface area contributed by atoms with E-state index in [0.717, 1.165) is 11.1 Å². The van der Waals surface area contributed by atoms with Crippen LogP contribution in [0.1, 0.15) is 91.2 Å². The molecule has 0 N–H and O–H groups in total. The van der Waals surface area contributed by atoms with Crippen LogP contribution in [0.2, 0.25) is 0 Å². The molecule has 4 fully saturated rings. The number of likely N-dealkylation sites (tertiary alicyclic amines) is 2. The van der Waals surface area contributed by atoms with Gasteiger partial charge in [-0.05, 0) is 95.3 Å². The van der Waals surface area contributed by atoms with Gasteiger partial charge in [-0.3, -0.25) is 28.8 Å². The molecular formula is C40H46BrN7O10. The van der Waals surface area contributed by atoms with Crippen molar-refractivity contribution in [3.8, 4) is 0 Å². The first-order chi connectivity index (χ1) is 27.1. The number of azide groups is 1. The van der Waals surface area contributed by atoms with Gasteiger partial charge >= 0.3 is 12.2 Å². The Labute approximate surface area is 343 Å². The van der Waals surface area contributed by atoms with Gasteiger partial charge in [-0.25, -0.2) is 9.59 Å². The fourth-order valence-corrected chi connectivity index (χ4v) is 7.60. The van der Waals surface area contributed by atoms with Crippen molar-refractivity contribution in [2.75, 3.05) is 22.9 Å². The zero-order valence-corrected chi connectivity index (χ0v) is 34.9. The molecule has 0 aromatic heterocycles. The molecule has 4 aliphatic rings. The number of rotatable bonds is 5. The molecule has 4 heterocycles. The zero-order chi connectivity index (χ0) is 42.8. The predicted octanol–water partition coefficient (Wildman–Crippen LogP) is 6.69. The van der Waals surface area contributed by atoms with Crippen LogP contribution in [0, 0.1) is 10.8 Å². The van der Waals surface area contributed by atoms with Gasteiger partial charge < -0.3 is 19.3 Å². The Balaban J connectivity index is 0.000000221. The number of nitrogens with zero attached hydrogens (tertiary/aromatic N) is 7. The fourth-order valence-electron chi connectivity index (χ4n) is 7.23. The first kappa shape index (κ1) is 43.5. The summed E-state index contributed by atoms with van der Waals surface area (Å²) < 4.78 is 10.4. The van der Waals surface area contributed by atoms with Crippen molar-refractivity contribution in [2.24, 2.45) is 15.9 Å². The third-order valence-electron chi connectivity index (χ3n) is 10.1. The highest BCUT2D eigenvalue weighted by atomic mass is 79.9. The van der Waals surface area contributed by atoms with Crippen molar-refractivity contribution in [3.63, 3.8) is 0 Å². The van der Waals surface area contributed by atoms with E-state index in [0.29, 0.717) is 26.5 Å². The van der Waals surface area contributed by atoms with Crippen molar-refractivity contribution in [3.05, 3.63) is 70.1 Å². The minimum absolute atomic E-state index is 0.0167. The lowest BCUT2D eigenvalue weighted by molar-refractivity contribution is -0.157. The van der Waals surface area contributed by atoms with Gasteiger partial charge in [-0.1, -0.05) is 45.3 Å². The number of imide groups is 6. The van der Waals surface area contributed by atoms with Gasteiger partial charge in [-0.15, -0.1) is 0 Å². The minimum atomic E-state index is -1.15. The van der Waals surface area contributed by atoms with Crippen LogP contribution in [0.5, 0.6) is 0 Å². The largest absolute Gasteiger partial charge is 0.443 e. The molecule has 0 radical (unpaired) electrons. The van der Waals surface area contributed by atoms with Crippen LogP contribution in [-0.4, -0.2) is 81.7 Å². The van der Waals surface area contributed by atoms with Gasteiger partial charge in [0.05, 0.1) is 17.4 Å². The van der Waals surface area contributed by atoms with E-state index in [4.69, 9.17) is 15.0 Å². The Bertz CT molecular complexity index is 2070. The van der Waals surface area contributed by atoms with E-state index >= 15 is 0 Å². The first-order valence-corrected chi connectivity index (χ1v) is 19.8. The van der Waals surface area contributed by atoms with E-state index in [2.05, 4.69) is 26.0 Å². The monoisotopic (exact) mass is 863 g/mol. The van der Waals surface area contributed by atoms with Crippen LogP contribution in [0.25, 0.3) is 10.4 Å². The number of carbonyl (C=O) groups is 8. The van der Waals surface area contributed by atoms with Crippen molar-refractivity contribution in [2.45, 2.75) is 103 Å². The van der Waals surface area contributed by atoms with E-state index < -0.39 is 57.8 Å². The van der Waals surface area contributed by atoms with Crippen LogP contribution in [-0.2, 0) is 50.1 Å². The molecule has 308 valence electrons. The molecule has 58 heavy (non-hydrogen) atoms. The number of carbonyl (C=O) groups excluding carboxylic acids is 8. The molecule has 4 aliphatic heterocycles. The average Bonchev–Trinajstić information content (AvgIpc) is 3.67. The van der Waals surface area contributed by atoms with Crippen molar-refractivity contribution in [1.82, 2.24) is 9.80 Å². The Hall–Kier alpha value is -5.61. The quantitative estimate of drug-likeness (QED) is 0.102. The summed E-state index contributed by atoms with van der Waals surface area (Å²) in [6, 6.07) is 14.4. The van der Waals surface area contributed by atoms with Crippen molar-refractivity contribution in [1.29, 1.82) is 0 Å². The van der Waals surface area contributed by atoms with E-state index in [1.165, 1.54) is 4.90 Å². The van der Waals surface area contributed by atoms with E-state index in [1.807, 2.05) is 24.3 Å². The Morgan fingerprint density at radius 2 is 1.05 bits per heavy atom. The summed E-state index contributed by atoms with van der Waals surface area (Å²) in [6.45, 7) is 10.3. The number of amides is 8. The predicted molar refractivity (Wildman–Crippen MR) is 212 cm³/mol. The molecule has 0 bridgehead atoms. The molecule has 18 heteroatoms. The second-order valence-electron chi connectivity index (χ2n) is 16.8. The smallest absolute Gasteiger partial charge is 0.424 e. The van der Waals surface area contributed by atoms with E-state index in [9.17, 15) is 38.4 Å². The second kappa shape index (κ2) is 16.7. The molecule has 8 amide bonds. The van der Waals surface area contributed by atoms with Crippen LogP contribution >= 0.6 is 15.9 Å². The number of piperidine rings is 2. The lowest BCUT2D eigenvalue weighted by atomic mass is 9.78. The number of benzene rings is 2.